The molecule has 0 aliphatic rings. The van der Waals surface area contributed by atoms with Crippen LogP contribution in [0.25, 0.3) is 0 Å². The number of para-hydroxylation sites is 3. The highest BCUT2D eigenvalue weighted by Gasteiger charge is 2.13. The molecule has 0 radical (unpaired) electrons. The van der Waals surface area contributed by atoms with Crippen LogP contribution in [0.1, 0.15) is 17.3 Å². The number of terminal acetylenes is 1. The van der Waals surface area contributed by atoms with Crippen LogP contribution >= 0.6 is 0 Å². The van der Waals surface area contributed by atoms with E-state index in [1.165, 1.54) is 0 Å². The van der Waals surface area contributed by atoms with Crippen molar-refractivity contribution in [3.05, 3.63) is 54.1 Å². The monoisotopic (exact) mass is 352 g/mol. The molecule has 2 aromatic carbocycles. The van der Waals surface area contributed by atoms with Gasteiger partial charge in [-0.3, -0.25) is 9.59 Å². The van der Waals surface area contributed by atoms with E-state index in [4.69, 9.17) is 15.9 Å². The van der Waals surface area contributed by atoms with Gasteiger partial charge in [-0.25, -0.2) is 0 Å². The van der Waals surface area contributed by atoms with E-state index in [-0.39, 0.29) is 19.1 Å². The first-order chi connectivity index (χ1) is 12.7. The standard InChI is InChI=1S/C20H20N2O4/c1-3-13-21-20(24)15-9-5-6-10-16(15)22-19(23)14-26-18-12-8-7-11-17(18)25-4-2/h1,5-12H,4,13-14H2,2H3,(H,21,24)(H,22,23). The summed E-state index contributed by atoms with van der Waals surface area (Å²) in [4.78, 5) is 24.3. The second-order valence-corrected chi connectivity index (χ2v) is 5.15. The molecule has 134 valence electrons. The lowest BCUT2D eigenvalue weighted by molar-refractivity contribution is -0.118. The Bertz CT molecular complexity index is 811. The summed E-state index contributed by atoms with van der Waals surface area (Å²) in [6.07, 6.45) is 5.14. The van der Waals surface area contributed by atoms with Gasteiger partial charge in [-0.15, -0.1) is 6.42 Å². The normalized spacial score (nSPS) is 9.69. The minimum Gasteiger partial charge on any atom is -0.490 e. The summed E-state index contributed by atoms with van der Waals surface area (Å²) in [5.41, 5.74) is 0.708. The minimum absolute atomic E-state index is 0.110. The maximum absolute atomic E-state index is 12.2. The van der Waals surface area contributed by atoms with E-state index in [0.29, 0.717) is 29.4 Å². The van der Waals surface area contributed by atoms with Crippen LogP contribution in [-0.2, 0) is 4.79 Å². The molecule has 2 rings (SSSR count). The van der Waals surface area contributed by atoms with Crippen molar-refractivity contribution in [1.29, 1.82) is 0 Å². The number of carbonyl (C=O) groups excluding carboxylic acids is 2. The third-order valence-electron chi connectivity index (χ3n) is 3.30. The Morgan fingerprint density at radius 3 is 2.38 bits per heavy atom. The fraction of sp³-hybridized carbons (Fsp3) is 0.200. The molecule has 0 fully saturated rings. The van der Waals surface area contributed by atoms with E-state index >= 15 is 0 Å². The molecule has 0 bridgehead atoms. The van der Waals surface area contributed by atoms with E-state index in [9.17, 15) is 9.59 Å². The number of amides is 2. The van der Waals surface area contributed by atoms with E-state index in [2.05, 4.69) is 16.6 Å². The number of ether oxygens (including phenoxy) is 2. The lowest BCUT2D eigenvalue weighted by Gasteiger charge is -2.13. The summed E-state index contributed by atoms with van der Waals surface area (Å²) in [5.74, 6) is 2.62. The molecule has 2 aromatic rings. The zero-order chi connectivity index (χ0) is 18.8. The van der Waals surface area contributed by atoms with Crippen molar-refractivity contribution in [2.45, 2.75) is 6.92 Å². The summed E-state index contributed by atoms with van der Waals surface area (Å²) < 4.78 is 11.0. The zero-order valence-electron chi connectivity index (χ0n) is 14.5. The molecule has 0 unspecified atom stereocenters. The highest BCUT2D eigenvalue weighted by molar-refractivity contribution is 6.04. The highest BCUT2D eigenvalue weighted by atomic mass is 16.5. The molecule has 0 aliphatic carbocycles. The first-order valence-corrected chi connectivity index (χ1v) is 8.10. The molecule has 26 heavy (non-hydrogen) atoms. The van der Waals surface area contributed by atoms with Gasteiger partial charge in [0.1, 0.15) is 0 Å². The molecule has 0 saturated heterocycles. The number of benzene rings is 2. The summed E-state index contributed by atoms with van der Waals surface area (Å²) in [6.45, 7) is 2.25. The zero-order valence-corrected chi connectivity index (χ0v) is 14.5. The van der Waals surface area contributed by atoms with Crippen LogP contribution in [0, 0.1) is 12.3 Å². The Morgan fingerprint density at radius 2 is 1.69 bits per heavy atom. The van der Waals surface area contributed by atoms with Crippen LogP contribution in [0.4, 0.5) is 5.69 Å². The van der Waals surface area contributed by atoms with E-state index in [1.54, 1.807) is 42.5 Å². The van der Waals surface area contributed by atoms with Crippen molar-refractivity contribution in [3.8, 4) is 23.8 Å². The fourth-order valence-corrected chi connectivity index (χ4v) is 2.19. The summed E-state index contributed by atoms with van der Waals surface area (Å²) in [6, 6.07) is 13.8. The smallest absolute Gasteiger partial charge is 0.262 e. The predicted octanol–water partition coefficient (Wildman–Crippen LogP) is 2.47. The molecule has 0 aromatic heterocycles. The molecule has 6 nitrogen and oxygen atoms in total. The Labute approximate surface area is 152 Å². The minimum atomic E-state index is -0.395. The topological polar surface area (TPSA) is 76.7 Å². The summed E-state index contributed by atoms with van der Waals surface area (Å²) in [7, 11) is 0. The first-order valence-electron chi connectivity index (χ1n) is 8.10. The van der Waals surface area contributed by atoms with Crippen LogP contribution in [0.5, 0.6) is 11.5 Å². The largest absolute Gasteiger partial charge is 0.490 e. The highest BCUT2D eigenvalue weighted by Crippen LogP contribution is 2.26. The van der Waals surface area contributed by atoms with Gasteiger partial charge in [-0.1, -0.05) is 30.2 Å². The van der Waals surface area contributed by atoms with Gasteiger partial charge in [0.05, 0.1) is 24.4 Å². The average Bonchev–Trinajstić information content (AvgIpc) is 2.66. The summed E-state index contributed by atoms with van der Waals surface area (Å²) in [5, 5.41) is 5.24. The second kappa shape index (κ2) is 9.74. The molecule has 0 aliphatic heterocycles. The quantitative estimate of drug-likeness (QED) is 0.716. The van der Waals surface area contributed by atoms with Gasteiger partial charge in [0.2, 0.25) is 0 Å². The SMILES string of the molecule is C#CCNC(=O)c1ccccc1NC(=O)COc1ccccc1OCC. The van der Waals surface area contributed by atoms with Gasteiger partial charge in [0.15, 0.2) is 18.1 Å². The second-order valence-electron chi connectivity index (χ2n) is 5.15. The van der Waals surface area contributed by atoms with Gasteiger partial charge in [0, 0.05) is 0 Å². The molecule has 0 atom stereocenters. The van der Waals surface area contributed by atoms with Crippen molar-refractivity contribution < 1.29 is 19.1 Å². The van der Waals surface area contributed by atoms with Gasteiger partial charge in [0.25, 0.3) is 11.8 Å². The molecule has 0 heterocycles. The molecule has 6 heteroatoms. The lowest BCUT2D eigenvalue weighted by Crippen LogP contribution is -2.26. The Hall–Kier alpha value is -3.46. The number of carbonyl (C=O) groups is 2. The van der Waals surface area contributed by atoms with Crippen molar-refractivity contribution in [3.63, 3.8) is 0 Å². The molecular weight excluding hydrogens is 332 g/mol. The number of hydrogen-bond donors (Lipinski definition) is 2. The lowest BCUT2D eigenvalue weighted by atomic mass is 10.1. The van der Waals surface area contributed by atoms with Gasteiger partial charge in [-0.2, -0.15) is 0 Å². The van der Waals surface area contributed by atoms with Gasteiger partial charge in [-0.05, 0) is 31.2 Å². The third kappa shape index (κ3) is 5.28. The number of rotatable bonds is 8. The van der Waals surface area contributed by atoms with Crippen LogP contribution in [-0.4, -0.2) is 31.6 Å². The Morgan fingerprint density at radius 1 is 1.04 bits per heavy atom. The Kier molecular flexibility index (Phi) is 7.07. The first kappa shape index (κ1) is 18.9. The van der Waals surface area contributed by atoms with Crippen LogP contribution < -0.4 is 20.1 Å². The molecular formula is C20H20N2O4. The maximum atomic E-state index is 12.2. The van der Waals surface area contributed by atoms with E-state index < -0.39 is 5.91 Å². The van der Waals surface area contributed by atoms with Crippen LogP contribution in [0.2, 0.25) is 0 Å². The predicted molar refractivity (Wildman–Crippen MR) is 99.3 cm³/mol. The third-order valence-corrected chi connectivity index (χ3v) is 3.30. The number of nitrogens with one attached hydrogen (secondary N) is 2. The fourth-order valence-electron chi connectivity index (χ4n) is 2.19. The van der Waals surface area contributed by atoms with Crippen LogP contribution in [0.3, 0.4) is 0 Å². The maximum Gasteiger partial charge on any atom is 0.262 e. The Balaban J connectivity index is 2.01. The molecule has 0 spiro atoms. The summed E-state index contributed by atoms with van der Waals surface area (Å²) >= 11 is 0. The van der Waals surface area contributed by atoms with Crippen molar-refractivity contribution in [2.75, 3.05) is 25.1 Å². The van der Waals surface area contributed by atoms with E-state index in [1.807, 2.05) is 13.0 Å². The van der Waals surface area contributed by atoms with Crippen molar-refractivity contribution in [1.82, 2.24) is 5.32 Å². The van der Waals surface area contributed by atoms with Crippen LogP contribution in [0.15, 0.2) is 48.5 Å². The van der Waals surface area contributed by atoms with Crippen molar-refractivity contribution >= 4 is 17.5 Å². The number of hydrogen-bond acceptors (Lipinski definition) is 4. The number of anilines is 1. The van der Waals surface area contributed by atoms with Crippen molar-refractivity contribution in [2.24, 2.45) is 0 Å². The van der Waals surface area contributed by atoms with Gasteiger partial charge >= 0.3 is 0 Å². The van der Waals surface area contributed by atoms with Gasteiger partial charge < -0.3 is 20.1 Å². The average molecular weight is 352 g/mol. The molecule has 2 N–H and O–H groups in total. The molecule has 2 amide bonds. The molecule has 0 saturated carbocycles. The van der Waals surface area contributed by atoms with E-state index in [0.717, 1.165) is 0 Å².